The topological polar surface area (TPSA) is 120 Å². The number of fused-ring (bicyclic) bond motifs is 2. The van der Waals surface area contributed by atoms with Crippen molar-refractivity contribution in [2.24, 2.45) is 0 Å². The van der Waals surface area contributed by atoms with Crippen molar-refractivity contribution in [3.8, 4) is 12.1 Å². The van der Waals surface area contributed by atoms with Gasteiger partial charge in [0, 0.05) is 67.7 Å². The third-order valence-corrected chi connectivity index (χ3v) is 8.87. The highest BCUT2D eigenvalue weighted by atomic mass is 16.5. The summed E-state index contributed by atoms with van der Waals surface area (Å²) in [7, 11) is 0. The van der Waals surface area contributed by atoms with Crippen LogP contribution in [0.3, 0.4) is 0 Å². The molecule has 1 N–H and O–H groups in total. The molecule has 0 aliphatic carbocycles. The lowest BCUT2D eigenvalue weighted by atomic mass is 9.99. The second-order valence-electron chi connectivity index (χ2n) is 11.8. The predicted octanol–water partition coefficient (Wildman–Crippen LogP) is 3.42. The molecular weight excluding hydrogens is 552 g/mol. The van der Waals surface area contributed by atoms with Crippen molar-refractivity contribution in [2.75, 3.05) is 49.1 Å². The Morgan fingerprint density at radius 1 is 1.07 bits per heavy atom. The molecule has 2 fully saturated rings. The van der Waals surface area contributed by atoms with Crippen LogP contribution in [-0.2, 0) is 24.2 Å². The van der Waals surface area contributed by atoms with Gasteiger partial charge < -0.3 is 24.8 Å². The zero-order valence-corrected chi connectivity index (χ0v) is 24.9. The van der Waals surface area contributed by atoms with Crippen molar-refractivity contribution in [1.82, 2.24) is 25.2 Å². The maximum Gasteiger partial charge on any atom is 0.318 e. The van der Waals surface area contributed by atoms with Crippen LogP contribution in [0.2, 0.25) is 0 Å². The molecule has 3 aliphatic heterocycles. The van der Waals surface area contributed by atoms with Gasteiger partial charge in [0.1, 0.15) is 5.82 Å². The van der Waals surface area contributed by atoms with Crippen LogP contribution in [0.25, 0.3) is 10.8 Å². The fraction of sp³-hybridized carbons (Fsp3) is 0.382. The largest absolute Gasteiger partial charge is 0.463 e. The number of pyridine rings is 1. The molecule has 1 amide bonds. The number of rotatable bonds is 8. The Kier molecular flexibility index (Phi) is 7.71. The van der Waals surface area contributed by atoms with Crippen LogP contribution >= 0.6 is 0 Å². The van der Waals surface area contributed by atoms with Gasteiger partial charge in [0.15, 0.2) is 0 Å². The smallest absolute Gasteiger partial charge is 0.318 e. The molecule has 224 valence electrons. The molecule has 2 aromatic heterocycles. The Balaban J connectivity index is 1.20. The molecule has 44 heavy (non-hydrogen) atoms. The fourth-order valence-corrected chi connectivity index (χ4v) is 6.53. The minimum atomic E-state index is -0.193. The van der Waals surface area contributed by atoms with Gasteiger partial charge >= 0.3 is 6.01 Å². The van der Waals surface area contributed by atoms with E-state index in [1.807, 2.05) is 23.1 Å². The first-order chi connectivity index (χ1) is 21.6. The summed E-state index contributed by atoms with van der Waals surface area (Å²) in [6.45, 7) is 6.52. The summed E-state index contributed by atoms with van der Waals surface area (Å²) in [5.74, 6) is 0.949. The zero-order valence-electron chi connectivity index (χ0n) is 24.9. The Labute approximate surface area is 257 Å². The number of nitrogens with zero attached hydrogens (tertiary/aromatic N) is 7. The van der Waals surface area contributed by atoms with E-state index in [0.29, 0.717) is 51.8 Å². The fourth-order valence-electron chi connectivity index (χ4n) is 6.53. The number of hydrogen-bond donors (Lipinski definition) is 1. The summed E-state index contributed by atoms with van der Waals surface area (Å²) in [6.07, 6.45) is 3.51. The Morgan fingerprint density at radius 3 is 2.73 bits per heavy atom. The molecule has 5 heterocycles. The van der Waals surface area contributed by atoms with Crippen molar-refractivity contribution in [2.45, 2.75) is 44.8 Å². The molecule has 2 saturated heterocycles. The molecule has 2 atom stereocenters. The summed E-state index contributed by atoms with van der Waals surface area (Å²) < 4.78 is 6.18. The average molecular weight is 589 g/mol. The van der Waals surface area contributed by atoms with E-state index in [0.717, 1.165) is 35.7 Å². The van der Waals surface area contributed by atoms with E-state index < -0.39 is 0 Å². The lowest BCUT2D eigenvalue weighted by Gasteiger charge is -2.42. The van der Waals surface area contributed by atoms with E-state index in [2.05, 4.69) is 69.5 Å². The number of piperazine rings is 1. The molecule has 4 aromatic rings. The molecule has 10 nitrogen and oxygen atoms in total. The number of hydrogen-bond acceptors (Lipinski definition) is 9. The molecule has 10 heteroatoms. The summed E-state index contributed by atoms with van der Waals surface area (Å²) in [5, 5.41) is 15.2. The van der Waals surface area contributed by atoms with E-state index in [4.69, 9.17) is 14.7 Å². The standard InChI is InChI=1S/C34H36N8O2/c1-23-6-4-7-24-8-5-10-30(31(23)24)40-16-12-27-29(22-40)38-34(44-19-13-25-9-2-3-15-36-25)39-32(27)41-17-18-42(26(21-41)11-14-35)33(43)28-20-37-28/h2-10,15,26,28,37H,11-13,16-22H2,1H3/t26?,28-/m0/s1. The molecule has 0 saturated carbocycles. The van der Waals surface area contributed by atoms with Crippen LogP contribution in [0.1, 0.15) is 28.9 Å². The lowest BCUT2D eigenvalue weighted by Crippen LogP contribution is -2.57. The maximum absolute atomic E-state index is 13.0. The number of ether oxygens (including phenoxy) is 1. The first kappa shape index (κ1) is 28.0. The molecule has 0 spiro atoms. The summed E-state index contributed by atoms with van der Waals surface area (Å²) in [4.78, 5) is 33.8. The van der Waals surface area contributed by atoms with Crippen LogP contribution in [-0.4, -0.2) is 77.2 Å². The van der Waals surface area contributed by atoms with Gasteiger partial charge in [-0.25, -0.2) is 0 Å². The highest BCUT2D eigenvalue weighted by Gasteiger charge is 2.39. The number of carbonyl (C=O) groups excluding carboxylic acids is 1. The second-order valence-corrected chi connectivity index (χ2v) is 11.8. The average Bonchev–Trinajstić information content (AvgIpc) is 3.90. The summed E-state index contributed by atoms with van der Waals surface area (Å²) >= 11 is 0. The molecule has 7 rings (SSSR count). The Hall–Kier alpha value is -4.75. The van der Waals surface area contributed by atoms with Gasteiger partial charge in [0.25, 0.3) is 0 Å². The second kappa shape index (κ2) is 12.1. The third-order valence-electron chi connectivity index (χ3n) is 8.87. The van der Waals surface area contributed by atoms with E-state index >= 15 is 0 Å². The van der Waals surface area contributed by atoms with Gasteiger partial charge in [-0.2, -0.15) is 15.2 Å². The number of amides is 1. The number of aromatic nitrogens is 3. The first-order valence-electron chi connectivity index (χ1n) is 15.4. The number of nitriles is 1. The minimum Gasteiger partial charge on any atom is -0.463 e. The van der Waals surface area contributed by atoms with E-state index in [9.17, 15) is 10.1 Å². The number of carbonyl (C=O) groups is 1. The van der Waals surface area contributed by atoms with Gasteiger partial charge in [-0.3, -0.25) is 9.78 Å². The number of aryl methyl sites for hydroxylation is 1. The Bertz CT molecular complexity index is 1710. The van der Waals surface area contributed by atoms with E-state index in [1.165, 1.54) is 22.0 Å². The SMILES string of the molecule is Cc1cccc2cccc(N3CCc4c(nc(OCCc5ccccn5)nc4N4CCN(C(=O)[C@@H]5CN5)C(CC#N)C4)C3)c12. The molecule has 2 aromatic carbocycles. The highest BCUT2D eigenvalue weighted by molar-refractivity contribution is 5.97. The third kappa shape index (κ3) is 5.63. The first-order valence-corrected chi connectivity index (χ1v) is 15.4. The molecule has 1 unspecified atom stereocenters. The molecule has 0 bridgehead atoms. The number of benzene rings is 2. The van der Waals surface area contributed by atoms with Crippen LogP contribution in [0.4, 0.5) is 11.5 Å². The normalized spacial score (nSPS) is 19.4. The van der Waals surface area contributed by atoms with Crippen molar-refractivity contribution in [3.05, 3.63) is 83.3 Å². The number of anilines is 2. The van der Waals surface area contributed by atoms with E-state index in [-0.39, 0.29) is 24.4 Å². The lowest BCUT2D eigenvalue weighted by molar-refractivity contribution is -0.133. The molecule has 0 radical (unpaired) electrons. The zero-order chi connectivity index (χ0) is 30.0. The number of nitrogens with one attached hydrogen (secondary N) is 1. The van der Waals surface area contributed by atoms with Crippen molar-refractivity contribution >= 4 is 28.2 Å². The minimum absolute atomic E-state index is 0.0918. The van der Waals surface area contributed by atoms with Crippen molar-refractivity contribution < 1.29 is 9.53 Å². The van der Waals surface area contributed by atoms with Crippen LogP contribution < -0.4 is 19.9 Å². The van der Waals surface area contributed by atoms with Crippen molar-refractivity contribution in [3.63, 3.8) is 0 Å². The van der Waals surface area contributed by atoms with Gasteiger partial charge in [0.2, 0.25) is 5.91 Å². The van der Waals surface area contributed by atoms with Crippen LogP contribution in [0, 0.1) is 18.3 Å². The molecule has 3 aliphatic rings. The van der Waals surface area contributed by atoms with Crippen LogP contribution in [0.15, 0.2) is 60.8 Å². The van der Waals surface area contributed by atoms with Gasteiger partial charge in [-0.05, 0) is 42.5 Å². The molecular formula is C34H36N8O2. The summed E-state index contributed by atoms with van der Waals surface area (Å²) in [5.41, 5.74) is 5.49. The maximum atomic E-state index is 13.0. The van der Waals surface area contributed by atoms with Gasteiger partial charge in [-0.1, -0.05) is 36.4 Å². The summed E-state index contributed by atoms with van der Waals surface area (Å²) in [6, 6.07) is 21.1. The predicted molar refractivity (Wildman–Crippen MR) is 169 cm³/mol. The monoisotopic (exact) mass is 588 g/mol. The van der Waals surface area contributed by atoms with Crippen LogP contribution in [0.5, 0.6) is 6.01 Å². The Morgan fingerprint density at radius 2 is 1.93 bits per heavy atom. The highest BCUT2D eigenvalue weighted by Crippen LogP contribution is 2.36. The quantitative estimate of drug-likeness (QED) is 0.309. The van der Waals surface area contributed by atoms with Gasteiger partial charge in [0.05, 0.1) is 43.4 Å². The van der Waals surface area contributed by atoms with Gasteiger partial charge in [-0.15, -0.1) is 0 Å². The van der Waals surface area contributed by atoms with E-state index in [1.54, 1.807) is 6.20 Å². The van der Waals surface area contributed by atoms with Crippen molar-refractivity contribution in [1.29, 1.82) is 5.26 Å².